The Labute approximate surface area is 126 Å². The molecule has 0 spiro atoms. The molecule has 21 heavy (non-hydrogen) atoms. The second-order valence-electron chi connectivity index (χ2n) is 6.29. The Bertz CT molecular complexity index is 479. The first kappa shape index (κ1) is 15.7. The van der Waals surface area contributed by atoms with Crippen LogP contribution in [-0.4, -0.2) is 46.1 Å². The lowest BCUT2D eigenvalue weighted by Gasteiger charge is -2.34. The largest absolute Gasteiger partial charge is 0.477 e. The molecule has 0 radical (unpaired) electrons. The van der Waals surface area contributed by atoms with Gasteiger partial charge in [-0.1, -0.05) is 0 Å². The lowest BCUT2D eigenvalue weighted by Crippen LogP contribution is -2.43. The molecule has 0 saturated carbocycles. The molecule has 1 saturated heterocycles. The van der Waals surface area contributed by atoms with E-state index in [0.717, 1.165) is 19.4 Å². The molecule has 1 aromatic heterocycles. The molecular formula is C15H25N3O3. The summed E-state index contributed by atoms with van der Waals surface area (Å²) >= 11 is 0. The number of nitrogens with zero attached hydrogens (tertiary/aromatic N) is 3. The second-order valence-corrected chi connectivity index (χ2v) is 6.29. The lowest BCUT2D eigenvalue weighted by molar-refractivity contribution is 0.0167. The number of aromatic nitrogens is 2. The van der Waals surface area contributed by atoms with E-state index in [4.69, 9.17) is 9.47 Å². The third kappa shape index (κ3) is 4.37. The first-order chi connectivity index (χ1) is 9.89. The summed E-state index contributed by atoms with van der Waals surface area (Å²) in [5.74, 6) is 0.631. The van der Waals surface area contributed by atoms with Crippen molar-refractivity contribution in [1.29, 1.82) is 0 Å². The van der Waals surface area contributed by atoms with Crippen molar-refractivity contribution in [2.24, 2.45) is 0 Å². The maximum absolute atomic E-state index is 12.1. The standard InChI is InChI=1S/C15H25N3O3/c1-5-20-13-8-10-18(16-13)12-7-6-9-17(11-12)14(19)21-15(2,3)4/h8,10,12H,5-7,9,11H2,1-4H3/t12-/m1/s1. The zero-order valence-corrected chi connectivity index (χ0v) is 13.3. The van der Waals surface area contributed by atoms with E-state index in [0.29, 0.717) is 19.0 Å². The molecule has 1 aromatic rings. The van der Waals surface area contributed by atoms with Crippen molar-refractivity contribution in [3.05, 3.63) is 12.3 Å². The summed E-state index contributed by atoms with van der Waals surface area (Å²) in [5.41, 5.74) is -0.460. The second kappa shape index (κ2) is 6.37. The highest BCUT2D eigenvalue weighted by Gasteiger charge is 2.28. The highest BCUT2D eigenvalue weighted by atomic mass is 16.6. The average molecular weight is 295 g/mol. The molecule has 0 N–H and O–H groups in total. The molecule has 6 nitrogen and oxygen atoms in total. The van der Waals surface area contributed by atoms with Gasteiger partial charge in [0.1, 0.15) is 5.60 Å². The molecule has 118 valence electrons. The molecule has 1 fully saturated rings. The first-order valence-electron chi connectivity index (χ1n) is 7.55. The molecule has 0 aromatic carbocycles. The van der Waals surface area contributed by atoms with Crippen molar-refractivity contribution in [3.63, 3.8) is 0 Å². The van der Waals surface area contributed by atoms with Crippen LogP contribution >= 0.6 is 0 Å². The average Bonchev–Trinajstić information content (AvgIpc) is 2.86. The molecule has 1 aliphatic rings. The van der Waals surface area contributed by atoms with E-state index in [1.54, 1.807) is 4.90 Å². The van der Waals surface area contributed by atoms with E-state index < -0.39 is 5.60 Å². The van der Waals surface area contributed by atoms with Crippen LogP contribution in [0.2, 0.25) is 0 Å². The Morgan fingerprint density at radius 1 is 1.48 bits per heavy atom. The summed E-state index contributed by atoms with van der Waals surface area (Å²) in [6.45, 7) is 9.55. The maximum atomic E-state index is 12.1. The van der Waals surface area contributed by atoms with Crippen LogP contribution in [0.25, 0.3) is 0 Å². The molecule has 0 bridgehead atoms. The van der Waals surface area contributed by atoms with Crippen LogP contribution in [0.5, 0.6) is 5.88 Å². The zero-order valence-electron chi connectivity index (χ0n) is 13.3. The smallest absolute Gasteiger partial charge is 0.410 e. The summed E-state index contributed by atoms with van der Waals surface area (Å²) in [6, 6.07) is 2.04. The Morgan fingerprint density at radius 3 is 2.90 bits per heavy atom. The number of piperidine rings is 1. The molecule has 0 unspecified atom stereocenters. The number of hydrogen-bond donors (Lipinski definition) is 0. The van der Waals surface area contributed by atoms with E-state index in [2.05, 4.69) is 5.10 Å². The van der Waals surface area contributed by atoms with Crippen molar-refractivity contribution in [1.82, 2.24) is 14.7 Å². The van der Waals surface area contributed by atoms with Crippen molar-refractivity contribution in [2.45, 2.75) is 52.2 Å². The summed E-state index contributed by atoms with van der Waals surface area (Å²) in [6.07, 6.45) is 3.62. The van der Waals surface area contributed by atoms with Gasteiger partial charge in [0.25, 0.3) is 0 Å². The minimum absolute atomic E-state index is 0.181. The van der Waals surface area contributed by atoms with Gasteiger partial charge in [-0.3, -0.25) is 4.68 Å². The highest BCUT2D eigenvalue weighted by molar-refractivity contribution is 5.68. The third-order valence-electron chi connectivity index (χ3n) is 3.30. The van der Waals surface area contributed by atoms with E-state index in [-0.39, 0.29) is 12.1 Å². The van der Waals surface area contributed by atoms with E-state index in [1.807, 2.05) is 44.6 Å². The fourth-order valence-electron chi connectivity index (χ4n) is 2.41. The number of carbonyl (C=O) groups excluding carboxylic acids is 1. The highest BCUT2D eigenvalue weighted by Crippen LogP contribution is 2.23. The first-order valence-corrected chi connectivity index (χ1v) is 7.55. The minimum atomic E-state index is -0.460. The summed E-state index contributed by atoms with van der Waals surface area (Å²) < 4.78 is 12.7. The Balaban J connectivity index is 1.98. The van der Waals surface area contributed by atoms with Crippen LogP contribution in [-0.2, 0) is 4.74 Å². The van der Waals surface area contributed by atoms with Crippen LogP contribution in [0.3, 0.4) is 0 Å². The van der Waals surface area contributed by atoms with Crippen molar-refractivity contribution in [2.75, 3.05) is 19.7 Å². The van der Waals surface area contributed by atoms with Crippen molar-refractivity contribution in [3.8, 4) is 5.88 Å². The van der Waals surface area contributed by atoms with Crippen LogP contribution < -0.4 is 4.74 Å². The predicted molar refractivity (Wildman–Crippen MR) is 79.5 cm³/mol. The van der Waals surface area contributed by atoms with Gasteiger partial charge >= 0.3 is 6.09 Å². The number of amides is 1. The minimum Gasteiger partial charge on any atom is -0.477 e. The SMILES string of the molecule is CCOc1ccn([C@@H]2CCCN(C(=O)OC(C)(C)C)C2)n1. The zero-order chi connectivity index (χ0) is 15.5. The van der Waals surface area contributed by atoms with Gasteiger partial charge in [0, 0.05) is 25.4 Å². The van der Waals surface area contributed by atoms with E-state index >= 15 is 0 Å². The van der Waals surface area contributed by atoms with Gasteiger partial charge in [0.15, 0.2) is 0 Å². The van der Waals surface area contributed by atoms with Crippen molar-refractivity contribution >= 4 is 6.09 Å². The Kier molecular flexibility index (Phi) is 4.75. The summed E-state index contributed by atoms with van der Waals surface area (Å²) in [7, 11) is 0. The predicted octanol–water partition coefficient (Wildman–Crippen LogP) is 2.85. The Morgan fingerprint density at radius 2 is 2.24 bits per heavy atom. The molecule has 2 rings (SSSR count). The van der Waals surface area contributed by atoms with Gasteiger partial charge in [-0.05, 0) is 40.5 Å². The van der Waals surface area contributed by atoms with Crippen LogP contribution in [0.15, 0.2) is 12.3 Å². The number of rotatable bonds is 3. The Hall–Kier alpha value is -1.72. The molecular weight excluding hydrogens is 270 g/mol. The number of likely N-dealkylation sites (tertiary alicyclic amines) is 1. The van der Waals surface area contributed by atoms with E-state index in [1.165, 1.54) is 0 Å². The summed E-state index contributed by atoms with van der Waals surface area (Å²) in [4.78, 5) is 13.9. The molecule has 1 aliphatic heterocycles. The van der Waals surface area contributed by atoms with Gasteiger partial charge in [0.05, 0.1) is 12.6 Å². The number of ether oxygens (including phenoxy) is 2. The molecule has 1 atom stereocenters. The van der Waals surface area contributed by atoms with Gasteiger partial charge in [-0.15, -0.1) is 5.10 Å². The molecule has 0 aliphatic carbocycles. The van der Waals surface area contributed by atoms with Gasteiger partial charge in [0.2, 0.25) is 5.88 Å². The van der Waals surface area contributed by atoms with Gasteiger partial charge in [-0.25, -0.2) is 4.79 Å². The number of hydrogen-bond acceptors (Lipinski definition) is 4. The topological polar surface area (TPSA) is 56.6 Å². The van der Waals surface area contributed by atoms with Crippen molar-refractivity contribution < 1.29 is 14.3 Å². The van der Waals surface area contributed by atoms with Gasteiger partial charge < -0.3 is 14.4 Å². The number of carbonyl (C=O) groups is 1. The molecule has 2 heterocycles. The molecule has 6 heteroatoms. The molecule has 1 amide bonds. The monoisotopic (exact) mass is 295 g/mol. The van der Waals surface area contributed by atoms with Crippen LogP contribution in [0.1, 0.15) is 46.6 Å². The normalized spacial score (nSPS) is 19.4. The summed E-state index contributed by atoms with van der Waals surface area (Å²) in [5, 5.41) is 4.41. The maximum Gasteiger partial charge on any atom is 0.410 e. The fourth-order valence-corrected chi connectivity index (χ4v) is 2.41. The fraction of sp³-hybridized carbons (Fsp3) is 0.733. The quantitative estimate of drug-likeness (QED) is 0.860. The van der Waals surface area contributed by atoms with Crippen LogP contribution in [0.4, 0.5) is 4.79 Å². The van der Waals surface area contributed by atoms with E-state index in [9.17, 15) is 4.79 Å². The van der Waals surface area contributed by atoms with Crippen LogP contribution in [0, 0.1) is 0 Å². The van der Waals surface area contributed by atoms with Gasteiger partial charge in [-0.2, -0.15) is 0 Å². The lowest BCUT2D eigenvalue weighted by atomic mass is 10.1. The third-order valence-corrected chi connectivity index (χ3v) is 3.30.